The molecule has 1 N–H and O–H groups in total. The maximum Gasteiger partial charge on any atom is 0.0702 e. The van der Waals surface area contributed by atoms with Gasteiger partial charge in [0.05, 0.1) is 6.10 Å². The van der Waals surface area contributed by atoms with E-state index in [1.807, 2.05) is 0 Å². The lowest BCUT2D eigenvalue weighted by molar-refractivity contribution is -0.0119. The molecule has 1 heterocycles. The molecule has 19 heavy (non-hydrogen) atoms. The fraction of sp³-hybridized carbons (Fsp3) is 1.00. The van der Waals surface area contributed by atoms with Crippen molar-refractivity contribution in [3.8, 4) is 0 Å². The molecule has 0 aromatic rings. The zero-order valence-corrected chi connectivity index (χ0v) is 12.9. The minimum absolute atomic E-state index is 0.489. The van der Waals surface area contributed by atoms with E-state index in [4.69, 9.17) is 4.74 Å². The molecule has 112 valence electrons. The third-order valence-electron chi connectivity index (χ3n) is 4.72. The summed E-state index contributed by atoms with van der Waals surface area (Å²) in [5, 5.41) is 3.70. The van der Waals surface area contributed by atoms with Crippen molar-refractivity contribution in [2.24, 2.45) is 0 Å². The van der Waals surface area contributed by atoms with Gasteiger partial charge in [-0.2, -0.15) is 0 Å². The van der Waals surface area contributed by atoms with Crippen LogP contribution in [0, 0.1) is 0 Å². The lowest BCUT2D eigenvalue weighted by atomic mass is 9.89. The number of hydrogen-bond donors (Lipinski definition) is 1. The second kappa shape index (κ2) is 8.23. The van der Waals surface area contributed by atoms with Crippen molar-refractivity contribution in [2.45, 2.75) is 76.5 Å². The van der Waals surface area contributed by atoms with E-state index in [1.165, 1.54) is 57.9 Å². The fourth-order valence-corrected chi connectivity index (χ4v) is 3.52. The van der Waals surface area contributed by atoms with Crippen LogP contribution in [-0.4, -0.2) is 49.8 Å². The Hall–Kier alpha value is -0.120. The maximum atomic E-state index is 5.87. The summed E-state index contributed by atoms with van der Waals surface area (Å²) in [4.78, 5) is 2.57. The van der Waals surface area contributed by atoms with E-state index in [0.717, 1.165) is 25.2 Å². The van der Waals surface area contributed by atoms with Gasteiger partial charge in [0.2, 0.25) is 0 Å². The molecule has 2 fully saturated rings. The lowest BCUT2D eigenvalue weighted by Crippen LogP contribution is -2.46. The molecule has 3 nitrogen and oxygen atoms in total. The van der Waals surface area contributed by atoms with Crippen LogP contribution in [0.1, 0.15) is 58.3 Å². The van der Waals surface area contributed by atoms with Gasteiger partial charge >= 0.3 is 0 Å². The summed E-state index contributed by atoms with van der Waals surface area (Å²) in [5.74, 6) is 0. The van der Waals surface area contributed by atoms with Gasteiger partial charge in [0, 0.05) is 25.2 Å². The van der Waals surface area contributed by atoms with Crippen molar-refractivity contribution in [1.82, 2.24) is 10.2 Å². The highest BCUT2D eigenvalue weighted by Gasteiger charge is 2.26. The van der Waals surface area contributed by atoms with Gasteiger partial charge in [0.15, 0.2) is 0 Å². The monoisotopic (exact) mass is 268 g/mol. The topological polar surface area (TPSA) is 24.5 Å². The van der Waals surface area contributed by atoms with Crippen molar-refractivity contribution in [2.75, 3.05) is 26.7 Å². The van der Waals surface area contributed by atoms with E-state index in [2.05, 4.69) is 24.2 Å². The van der Waals surface area contributed by atoms with Gasteiger partial charge in [-0.05, 0) is 58.5 Å². The van der Waals surface area contributed by atoms with Crippen LogP contribution in [0.15, 0.2) is 0 Å². The third kappa shape index (κ3) is 5.05. The van der Waals surface area contributed by atoms with Crippen molar-refractivity contribution in [1.29, 1.82) is 0 Å². The first-order chi connectivity index (χ1) is 9.29. The predicted molar refractivity (Wildman–Crippen MR) is 80.6 cm³/mol. The quantitative estimate of drug-likeness (QED) is 0.801. The van der Waals surface area contributed by atoms with Crippen molar-refractivity contribution >= 4 is 0 Å². The molecule has 0 aromatic carbocycles. The number of ether oxygens (including phenoxy) is 1. The van der Waals surface area contributed by atoms with Gasteiger partial charge in [0.1, 0.15) is 0 Å². The Morgan fingerprint density at radius 3 is 2.79 bits per heavy atom. The zero-order chi connectivity index (χ0) is 13.5. The molecule has 1 aliphatic carbocycles. The third-order valence-corrected chi connectivity index (χ3v) is 4.72. The smallest absolute Gasteiger partial charge is 0.0702 e. The Kier molecular flexibility index (Phi) is 6.62. The summed E-state index contributed by atoms with van der Waals surface area (Å²) in [6.07, 6.45) is 11.0. The number of nitrogens with zero attached hydrogens (tertiary/aromatic N) is 1. The second-order valence-corrected chi connectivity index (χ2v) is 6.40. The first kappa shape index (κ1) is 15.3. The van der Waals surface area contributed by atoms with Crippen LogP contribution in [0.2, 0.25) is 0 Å². The highest BCUT2D eigenvalue weighted by Crippen LogP contribution is 2.24. The molecule has 3 unspecified atom stereocenters. The normalized spacial score (nSPS) is 32.7. The molecule has 0 radical (unpaired) electrons. The Balaban J connectivity index is 1.72. The average molecular weight is 268 g/mol. The predicted octanol–water partition coefficient (Wildman–Crippen LogP) is 2.80. The van der Waals surface area contributed by atoms with Crippen LogP contribution in [0.25, 0.3) is 0 Å². The number of nitrogens with one attached hydrogen (secondary N) is 1. The largest absolute Gasteiger partial charge is 0.377 e. The van der Waals surface area contributed by atoms with E-state index in [0.29, 0.717) is 6.10 Å². The summed E-state index contributed by atoms with van der Waals surface area (Å²) >= 11 is 0. The minimum Gasteiger partial charge on any atom is -0.377 e. The van der Waals surface area contributed by atoms with Gasteiger partial charge in [0.25, 0.3) is 0 Å². The van der Waals surface area contributed by atoms with E-state index < -0.39 is 0 Å². The molecular formula is C16H32N2O. The van der Waals surface area contributed by atoms with Crippen LogP contribution in [0.4, 0.5) is 0 Å². The number of hydrogen-bond acceptors (Lipinski definition) is 3. The van der Waals surface area contributed by atoms with E-state index in [1.54, 1.807) is 0 Å². The fourth-order valence-electron chi connectivity index (χ4n) is 3.52. The summed E-state index contributed by atoms with van der Waals surface area (Å²) in [5.41, 5.74) is 0. The van der Waals surface area contributed by atoms with E-state index in [9.17, 15) is 0 Å². The van der Waals surface area contributed by atoms with Gasteiger partial charge in [-0.3, -0.25) is 0 Å². The summed E-state index contributed by atoms with van der Waals surface area (Å²) in [6, 6.07) is 1.50. The molecule has 0 spiro atoms. The van der Waals surface area contributed by atoms with Crippen LogP contribution in [0.5, 0.6) is 0 Å². The molecular weight excluding hydrogens is 236 g/mol. The minimum atomic E-state index is 0.489. The first-order valence-electron chi connectivity index (χ1n) is 8.34. The SMILES string of the molecule is CCCNC1CCCC(N(C)CC2CCCCO2)C1. The molecule has 1 saturated carbocycles. The number of rotatable bonds is 6. The van der Waals surface area contributed by atoms with Crippen LogP contribution < -0.4 is 5.32 Å². The highest BCUT2D eigenvalue weighted by molar-refractivity contribution is 4.84. The Morgan fingerprint density at radius 1 is 1.16 bits per heavy atom. The molecule has 2 aliphatic rings. The molecule has 1 saturated heterocycles. The van der Waals surface area contributed by atoms with Gasteiger partial charge in [-0.25, -0.2) is 0 Å². The van der Waals surface area contributed by atoms with Gasteiger partial charge in [-0.15, -0.1) is 0 Å². The molecule has 0 amide bonds. The van der Waals surface area contributed by atoms with E-state index >= 15 is 0 Å². The summed E-state index contributed by atoms with van der Waals surface area (Å²) in [6.45, 7) is 5.53. The van der Waals surface area contributed by atoms with Crippen LogP contribution in [-0.2, 0) is 4.74 Å². The molecule has 0 bridgehead atoms. The summed E-state index contributed by atoms with van der Waals surface area (Å²) in [7, 11) is 2.30. The van der Waals surface area contributed by atoms with Gasteiger partial charge < -0.3 is 15.0 Å². The Bertz CT molecular complexity index is 241. The second-order valence-electron chi connectivity index (χ2n) is 6.40. The molecule has 1 aliphatic heterocycles. The van der Waals surface area contributed by atoms with Gasteiger partial charge in [-0.1, -0.05) is 13.3 Å². The first-order valence-corrected chi connectivity index (χ1v) is 8.34. The molecule has 3 atom stereocenters. The average Bonchev–Trinajstić information content (AvgIpc) is 2.46. The lowest BCUT2D eigenvalue weighted by Gasteiger charge is -2.38. The summed E-state index contributed by atoms with van der Waals surface area (Å²) < 4.78 is 5.87. The zero-order valence-electron chi connectivity index (χ0n) is 12.9. The maximum absolute atomic E-state index is 5.87. The van der Waals surface area contributed by atoms with Crippen LogP contribution in [0.3, 0.4) is 0 Å². The highest BCUT2D eigenvalue weighted by atomic mass is 16.5. The van der Waals surface area contributed by atoms with Crippen molar-refractivity contribution < 1.29 is 4.74 Å². The molecule has 2 rings (SSSR count). The van der Waals surface area contributed by atoms with Crippen LogP contribution >= 0.6 is 0 Å². The molecule has 0 aromatic heterocycles. The number of likely N-dealkylation sites (N-methyl/N-ethyl adjacent to an activating group) is 1. The Labute approximate surface area is 119 Å². The van der Waals surface area contributed by atoms with E-state index in [-0.39, 0.29) is 0 Å². The Morgan fingerprint density at radius 2 is 2.05 bits per heavy atom. The molecule has 3 heteroatoms. The van der Waals surface area contributed by atoms with Crippen molar-refractivity contribution in [3.05, 3.63) is 0 Å². The van der Waals surface area contributed by atoms with Crippen molar-refractivity contribution in [3.63, 3.8) is 0 Å². The standard InChI is InChI=1S/C16H32N2O/c1-3-10-17-14-7-6-8-15(12-14)18(2)13-16-9-4-5-11-19-16/h14-17H,3-13H2,1-2H3.